The van der Waals surface area contributed by atoms with Crippen LogP contribution in [-0.2, 0) is 6.42 Å². The second kappa shape index (κ2) is 6.31. The van der Waals surface area contributed by atoms with E-state index in [-0.39, 0.29) is 18.0 Å². The first kappa shape index (κ1) is 14.9. The summed E-state index contributed by atoms with van der Waals surface area (Å²) in [6.45, 7) is 2.25. The maximum atomic E-state index is 13.9. The van der Waals surface area contributed by atoms with Crippen molar-refractivity contribution in [2.75, 3.05) is 0 Å². The zero-order chi connectivity index (χ0) is 14.0. The van der Waals surface area contributed by atoms with Gasteiger partial charge >= 0.3 is 0 Å². The zero-order valence-corrected chi connectivity index (χ0v) is 12.7. The molecule has 0 amide bonds. The molecule has 1 aliphatic carbocycles. The Morgan fingerprint density at radius 1 is 1.26 bits per heavy atom. The first-order chi connectivity index (χ1) is 8.99. The highest BCUT2D eigenvalue weighted by Crippen LogP contribution is 2.32. The Balaban J connectivity index is 2.07. The molecule has 0 radical (unpaired) electrons. The molecule has 1 fully saturated rings. The first-order valence-electron chi connectivity index (χ1n) is 6.87. The van der Waals surface area contributed by atoms with Crippen LogP contribution in [0.5, 0.6) is 0 Å². The predicted molar refractivity (Wildman–Crippen MR) is 76.9 cm³/mol. The number of hydrogen-bond acceptors (Lipinski definition) is 1. The molecule has 2 rings (SSSR count). The number of rotatable bonds is 3. The standard InChI is InChI=1S/C15H20BrF2N/c1-9-2-4-10(5-3-9)14(19)8-11-13(17)7-6-12(16)15(11)18/h6-7,9-10,14H,2-5,8,19H2,1H3. The van der Waals surface area contributed by atoms with Gasteiger partial charge in [-0.3, -0.25) is 0 Å². The summed E-state index contributed by atoms with van der Waals surface area (Å²) in [5.74, 6) is 0.122. The van der Waals surface area contributed by atoms with E-state index in [1.807, 2.05) is 0 Å². The topological polar surface area (TPSA) is 26.0 Å². The number of hydrogen-bond donors (Lipinski definition) is 1. The van der Waals surface area contributed by atoms with Gasteiger partial charge in [0, 0.05) is 11.6 Å². The highest BCUT2D eigenvalue weighted by atomic mass is 79.9. The molecular formula is C15H20BrF2N. The normalized spacial score (nSPS) is 25.3. The number of halogens is 3. The molecule has 0 aromatic heterocycles. The second-order valence-electron chi connectivity index (χ2n) is 5.71. The molecule has 2 N–H and O–H groups in total. The van der Waals surface area contributed by atoms with Gasteiger partial charge in [0.25, 0.3) is 0 Å². The van der Waals surface area contributed by atoms with Crippen LogP contribution < -0.4 is 5.73 Å². The van der Waals surface area contributed by atoms with Gasteiger partial charge in [-0.25, -0.2) is 8.78 Å². The van der Waals surface area contributed by atoms with E-state index in [0.29, 0.717) is 10.4 Å². The third-order valence-electron chi connectivity index (χ3n) is 4.24. The monoisotopic (exact) mass is 331 g/mol. The third kappa shape index (κ3) is 3.54. The zero-order valence-electron chi connectivity index (χ0n) is 11.1. The molecule has 0 spiro atoms. The maximum Gasteiger partial charge on any atom is 0.143 e. The van der Waals surface area contributed by atoms with E-state index in [0.717, 1.165) is 18.8 Å². The summed E-state index contributed by atoms with van der Waals surface area (Å²) >= 11 is 3.09. The van der Waals surface area contributed by atoms with Crippen LogP contribution in [0.25, 0.3) is 0 Å². The lowest BCUT2D eigenvalue weighted by atomic mass is 9.78. The van der Waals surface area contributed by atoms with Gasteiger partial charge < -0.3 is 5.73 Å². The van der Waals surface area contributed by atoms with Crippen LogP contribution in [0.2, 0.25) is 0 Å². The van der Waals surface area contributed by atoms with Crippen molar-refractivity contribution in [1.29, 1.82) is 0 Å². The van der Waals surface area contributed by atoms with Crippen LogP contribution in [-0.4, -0.2) is 6.04 Å². The van der Waals surface area contributed by atoms with Crippen LogP contribution in [0.1, 0.15) is 38.2 Å². The Morgan fingerprint density at radius 3 is 2.53 bits per heavy atom. The van der Waals surface area contributed by atoms with Crippen molar-refractivity contribution in [3.8, 4) is 0 Å². The van der Waals surface area contributed by atoms with Gasteiger partial charge in [-0.05, 0) is 59.2 Å². The van der Waals surface area contributed by atoms with E-state index < -0.39 is 11.6 Å². The molecule has 1 aromatic rings. The van der Waals surface area contributed by atoms with Gasteiger partial charge in [-0.15, -0.1) is 0 Å². The molecule has 0 bridgehead atoms. The Hall–Kier alpha value is -0.480. The molecule has 4 heteroatoms. The smallest absolute Gasteiger partial charge is 0.143 e. The quantitative estimate of drug-likeness (QED) is 0.815. The Kier molecular flexibility index (Phi) is 4.96. The Morgan fingerprint density at radius 2 is 1.89 bits per heavy atom. The maximum absolute atomic E-state index is 13.9. The van der Waals surface area contributed by atoms with Crippen molar-refractivity contribution < 1.29 is 8.78 Å². The van der Waals surface area contributed by atoms with Gasteiger partial charge in [0.2, 0.25) is 0 Å². The lowest BCUT2D eigenvalue weighted by Gasteiger charge is -2.30. The summed E-state index contributed by atoms with van der Waals surface area (Å²) in [4.78, 5) is 0. The molecular weight excluding hydrogens is 312 g/mol. The minimum absolute atomic E-state index is 0.112. The molecule has 1 unspecified atom stereocenters. The fraction of sp³-hybridized carbons (Fsp3) is 0.600. The third-order valence-corrected chi connectivity index (χ3v) is 4.86. The minimum Gasteiger partial charge on any atom is -0.327 e. The van der Waals surface area contributed by atoms with E-state index in [1.54, 1.807) is 0 Å². The van der Waals surface area contributed by atoms with Crippen LogP contribution in [0, 0.1) is 23.5 Å². The second-order valence-corrected chi connectivity index (χ2v) is 6.56. The van der Waals surface area contributed by atoms with Gasteiger partial charge in [-0.2, -0.15) is 0 Å². The van der Waals surface area contributed by atoms with Crippen LogP contribution in [0.15, 0.2) is 16.6 Å². The van der Waals surface area contributed by atoms with E-state index in [2.05, 4.69) is 22.9 Å². The molecule has 1 aromatic carbocycles. The van der Waals surface area contributed by atoms with Gasteiger partial charge in [-0.1, -0.05) is 19.8 Å². The Labute approximate surface area is 121 Å². The molecule has 19 heavy (non-hydrogen) atoms. The summed E-state index contributed by atoms with van der Waals surface area (Å²) in [5.41, 5.74) is 6.28. The minimum atomic E-state index is -0.514. The number of benzene rings is 1. The van der Waals surface area contributed by atoms with Gasteiger partial charge in [0.05, 0.1) is 4.47 Å². The van der Waals surface area contributed by atoms with Crippen molar-refractivity contribution in [1.82, 2.24) is 0 Å². The molecule has 0 heterocycles. The SMILES string of the molecule is CC1CCC(C(N)Cc2c(F)ccc(Br)c2F)CC1. The summed E-state index contributed by atoms with van der Waals surface area (Å²) in [6, 6.07) is 2.52. The average Bonchev–Trinajstić information content (AvgIpc) is 2.40. The van der Waals surface area contributed by atoms with Crippen molar-refractivity contribution >= 4 is 15.9 Å². The van der Waals surface area contributed by atoms with Crippen molar-refractivity contribution in [2.24, 2.45) is 17.6 Å². The summed E-state index contributed by atoms with van der Waals surface area (Å²) in [6.07, 6.45) is 4.75. The molecule has 1 nitrogen and oxygen atoms in total. The van der Waals surface area contributed by atoms with Crippen molar-refractivity contribution in [2.45, 2.75) is 45.1 Å². The Bertz CT molecular complexity index is 442. The molecule has 1 atom stereocenters. The predicted octanol–water partition coefficient (Wildman–Crippen LogP) is 4.42. The fourth-order valence-electron chi connectivity index (χ4n) is 2.87. The average molecular weight is 332 g/mol. The summed E-state index contributed by atoms with van der Waals surface area (Å²) < 4.78 is 27.9. The molecule has 106 valence electrons. The van der Waals surface area contributed by atoms with E-state index >= 15 is 0 Å². The van der Waals surface area contributed by atoms with Crippen LogP contribution in [0.4, 0.5) is 8.78 Å². The van der Waals surface area contributed by atoms with E-state index in [1.165, 1.54) is 25.0 Å². The molecule has 1 saturated carbocycles. The molecule has 0 saturated heterocycles. The van der Waals surface area contributed by atoms with Gasteiger partial charge in [0.1, 0.15) is 11.6 Å². The summed E-state index contributed by atoms with van der Waals surface area (Å²) in [5, 5.41) is 0. The summed E-state index contributed by atoms with van der Waals surface area (Å²) in [7, 11) is 0. The largest absolute Gasteiger partial charge is 0.327 e. The molecule has 1 aliphatic rings. The lowest BCUT2D eigenvalue weighted by molar-refractivity contribution is 0.251. The van der Waals surface area contributed by atoms with Crippen LogP contribution >= 0.6 is 15.9 Å². The van der Waals surface area contributed by atoms with E-state index in [9.17, 15) is 8.78 Å². The van der Waals surface area contributed by atoms with Crippen molar-refractivity contribution in [3.05, 3.63) is 33.8 Å². The molecule has 0 aliphatic heterocycles. The lowest BCUT2D eigenvalue weighted by Crippen LogP contribution is -2.35. The van der Waals surface area contributed by atoms with Crippen molar-refractivity contribution in [3.63, 3.8) is 0 Å². The fourth-order valence-corrected chi connectivity index (χ4v) is 3.24. The van der Waals surface area contributed by atoms with E-state index in [4.69, 9.17) is 5.73 Å². The highest BCUT2D eigenvalue weighted by Gasteiger charge is 2.25. The number of nitrogens with two attached hydrogens (primary N) is 1. The highest BCUT2D eigenvalue weighted by molar-refractivity contribution is 9.10. The first-order valence-corrected chi connectivity index (χ1v) is 7.66. The van der Waals surface area contributed by atoms with Gasteiger partial charge in [0.15, 0.2) is 0 Å². The van der Waals surface area contributed by atoms with Crippen LogP contribution in [0.3, 0.4) is 0 Å².